The third-order valence-corrected chi connectivity index (χ3v) is 4.90. The van der Waals surface area contributed by atoms with E-state index < -0.39 is 6.04 Å². The van der Waals surface area contributed by atoms with Crippen LogP contribution in [0.3, 0.4) is 0 Å². The zero-order chi connectivity index (χ0) is 19.6. The smallest absolute Gasteiger partial charge is 0.274 e. The number of nitrogens with zero attached hydrogens (tertiary/aromatic N) is 5. The van der Waals surface area contributed by atoms with Crippen LogP contribution in [0.2, 0.25) is 5.02 Å². The van der Waals surface area contributed by atoms with Crippen LogP contribution >= 0.6 is 11.6 Å². The number of aromatic nitrogens is 4. The summed E-state index contributed by atoms with van der Waals surface area (Å²) in [6.45, 7) is 7.94. The normalized spacial score (nSPS) is 15.6. The van der Waals surface area contributed by atoms with E-state index in [4.69, 9.17) is 16.3 Å². The van der Waals surface area contributed by atoms with Gasteiger partial charge in [0.05, 0.1) is 35.8 Å². The second-order valence-electron chi connectivity index (χ2n) is 6.33. The molecule has 2 amide bonds. The fourth-order valence-electron chi connectivity index (χ4n) is 2.87. The third kappa shape index (κ3) is 3.98. The minimum atomic E-state index is -0.590. The molecule has 0 spiro atoms. The minimum absolute atomic E-state index is 0.168. The monoisotopic (exact) mass is 394 g/mol. The molecule has 0 aromatic carbocycles. The molecule has 1 unspecified atom stereocenters. The van der Waals surface area contributed by atoms with Crippen LogP contribution in [0.15, 0.2) is 12.4 Å². The molecule has 146 valence electrons. The van der Waals surface area contributed by atoms with Crippen LogP contribution in [0.4, 0.5) is 5.69 Å². The fourth-order valence-corrected chi connectivity index (χ4v) is 3.01. The molecule has 2 aromatic rings. The average molecular weight is 395 g/mol. The second kappa shape index (κ2) is 8.10. The first-order valence-corrected chi connectivity index (χ1v) is 9.25. The summed E-state index contributed by atoms with van der Waals surface area (Å²) in [4.78, 5) is 27.3. The fraction of sp³-hybridized carbons (Fsp3) is 0.529. The molecule has 3 rings (SSSR count). The Bertz CT molecular complexity index is 820. The number of aryl methyl sites for hydroxylation is 2. The number of carbonyl (C=O) groups excluding carboxylic acids is 2. The molecule has 0 bridgehead atoms. The SMILES string of the molecule is CCn1ncc(NC(=O)C(C)n2cc(Cl)c(C)n2)c1C(=O)N1CCOCC1. The lowest BCUT2D eigenvalue weighted by atomic mass is 10.2. The first-order chi connectivity index (χ1) is 12.9. The van der Waals surface area contributed by atoms with Crippen molar-refractivity contribution < 1.29 is 14.3 Å². The second-order valence-corrected chi connectivity index (χ2v) is 6.74. The molecule has 1 fully saturated rings. The van der Waals surface area contributed by atoms with E-state index in [2.05, 4.69) is 15.5 Å². The van der Waals surface area contributed by atoms with Gasteiger partial charge in [0.1, 0.15) is 11.7 Å². The number of hydrogen-bond acceptors (Lipinski definition) is 5. The third-order valence-electron chi connectivity index (χ3n) is 4.53. The summed E-state index contributed by atoms with van der Waals surface area (Å²) in [7, 11) is 0. The highest BCUT2D eigenvalue weighted by Crippen LogP contribution is 2.21. The Hall–Kier alpha value is -2.39. The van der Waals surface area contributed by atoms with Crippen LogP contribution < -0.4 is 5.32 Å². The van der Waals surface area contributed by atoms with Gasteiger partial charge in [-0.15, -0.1) is 0 Å². The van der Waals surface area contributed by atoms with Crippen molar-refractivity contribution in [3.8, 4) is 0 Å². The summed E-state index contributed by atoms with van der Waals surface area (Å²) in [5.74, 6) is -0.473. The summed E-state index contributed by atoms with van der Waals surface area (Å²) in [6.07, 6.45) is 3.11. The van der Waals surface area contributed by atoms with Gasteiger partial charge in [-0.2, -0.15) is 10.2 Å². The number of nitrogens with one attached hydrogen (secondary N) is 1. The zero-order valence-electron chi connectivity index (χ0n) is 15.6. The molecule has 1 aliphatic rings. The Morgan fingerprint density at radius 1 is 1.37 bits per heavy atom. The van der Waals surface area contributed by atoms with Crippen molar-refractivity contribution in [1.29, 1.82) is 0 Å². The quantitative estimate of drug-likeness (QED) is 0.833. The number of ether oxygens (including phenoxy) is 1. The van der Waals surface area contributed by atoms with Crippen LogP contribution in [-0.4, -0.2) is 62.6 Å². The Morgan fingerprint density at radius 3 is 2.67 bits per heavy atom. The molecule has 0 radical (unpaired) electrons. The topological polar surface area (TPSA) is 94.3 Å². The predicted molar refractivity (Wildman–Crippen MR) is 99.9 cm³/mol. The number of hydrogen-bond donors (Lipinski definition) is 1. The summed E-state index contributed by atoms with van der Waals surface area (Å²) < 4.78 is 8.40. The summed E-state index contributed by atoms with van der Waals surface area (Å²) in [6, 6.07) is -0.590. The highest BCUT2D eigenvalue weighted by molar-refractivity contribution is 6.31. The van der Waals surface area contributed by atoms with E-state index in [1.54, 1.807) is 29.6 Å². The molecule has 9 nitrogen and oxygen atoms in total. The largest absolute Gasteiger partial charge is 0.378 e. The van der Waals surface area contributed by atoms with Crippen molar-refractivity contribution in [3.05, 3.63) is 28.8 Å². The molecule has 0 aliphatic carbocycles. The van der Waals surface area contributed by atoms with Crippen LogP contribution in [0.25, 0.3) is 0 Å². The Kier molecular flexibility index (Phi) is 5.81. The van der Waals surface area contributed by atoms with E-state index in [0.717, 1.165) is 0 Å². The predicted octanol–water partition coefficient (Wildman–Crippen LogP) is 1.73. The standard InChI is InChI=1S/C17H23ClN6O3/c1-4-23-15(17(26)22-5-7-27-8-6-22)14(9-19-23)20-16(25)12(3)24-10-13(18)11(2)21-24/h9-10,12H,4-8H2,1-3H3,(H,20,25). The molecular formula is C17H23ClN6O3. The van der Waals surface area contributed by atoms with Gasteiger partial charge in [-0.25, -0.2) is 0 Å². The number of morpholine rings is 1. The maximum absolute atomic E-state index is 13.0. The molecule has 0 saturated carbocycles. The summed E-state index contributed by atoms with van der Waals surface area (Å²) in [5, 5.41) is 11.8. The maximum atomic E-state index is 13.0. The van der Waals surface area contributed by atoms with Crippen LogP contribution in [0, 0.1) is 6.92 Å². The van der Waals surface area contributed by atoms with Gasteiger partial charge >= 0.3 is 0 Å². The lowest BCUT2D eigenvalue weighted by Gasteiger charge is -2.27. The van der Waals surface area contributed by atoms with E-state index in [0.29, 0.717) is 54.9 Å². The van der Waals surface area contributed by atoms with Gasteiger partial charge in [0.2, 0.25) is 5.91 Å². The molecule has 1 N–H and O–H groups in total. The van der Waals surface area contributed by atoms with E-state index in [1.165, 1.54) is 10.9 Å². The molecule has 1 saturated heterocycles. The number of carbonyl (C=O) groups is 2. The highest BCUT2D eigenvalue weighted by atomic mass is 35.5. The number of amides is 2. The van der Waals surface area contributed by atoms with Gasteiger partial charge in [-0.1, -0.05) is 11.6 Å². The first kappa shape index (κ1) is 19.4. The van der Waals surface area contributed by atoms with E-state index in [-0.39, 0.29) is 11.8 Å². The lowest BCUT2D eigenvalue weighted by molar-refractivity contribution is -0.119. The average Bonchev–Trinajstić information content (AvgIpc) is 3.24. The summed E-state index contributed by atoms with van der Waals surface area (Å²) in [5.41, 5.74) is 1.41. The Morgan fingerprint density at radius 2 is 2.07 bits per heavy atom. The molecule has 3 heterocycles. The summed E-state index contributed by atoms with van der Waals surface area (Å²) >= 11 is 6.02. The van der Waals surface area contributed by atoms with Gasteiger partial charge < -0.3 is 15.0 Å². The zero-order valence-corrected chi connectivity index (χ0v) is 16.4. The number of anilines is 1. The Balaban J connectivity index is 1.81. The highest BCUT2D eigenvalue weighted by Gasteiger charge is 2.27. The van der Waals surface area contributed by atoms with Gasteiger partial charge in [0, 0.05) is 25.8 Å². The molecule has 27 heavy (non-hydrogen) atoms. The lowest BCUT2D eigenvalue weighted by Crippen LogP contribution is -2.42. The van der Waals surface area contributed by atoms with Crippen LogP contribution in [0.5, 0.6) is 0 Å². The van der Waals surface area contributed by atoms with E-state index in [1.807, 2.05) is 6.92 Å². The van der Waals surface area contributed by atoms with Crippen molar-refractivity contribution in [1.82, 2.24) is 24.5 Å². The van der Waals surface area contributed by atoms with Gasteiger partial charge in [0.15, 0.2) is 0 Å². The molecule has 1 atom stereocenters. The Labute approximate surface area is 162 Å². The van der Waals surface area contributed by atoms with Gasteiger partial charge in [-0.05, 0) is 20.8 Å². The van der Waals surface area contributed by atoms with E-state index in [9.17, 15) is 9.59 Å². The van der Waals surface area contributed by atoms with Crippen LogP contribution in [0.1, 0.15) is 36.1 Å². The number of halogens is 1. The maximum Gasteiger partial charge on any atom is 0.274 e. The van der Waals surface area contributed by atoms with Crippen molar-refractivity contribution >= 4 is 29.1 Å². The van der Waals surface area contributed by atoms with Crippen molar-refractivity contribution in [2.75, 3.05) is 31.6 Å². The first-order valence-electron chi connectivity index (χ1n) is 8.87. The molecule has 2 aromatic heterocycles. The van der Waals surface area contributed by atoms with Gasteiger partial charge in [-0.3, -0.25) is 19.0 Å². The van der Waals surface area contributed by atoms with Crippen LogP contribution in [-0.2, 0) is 16.1 Å². The minimum Gasteiger partial charge on any atom is -0.378 e. The molecular weight excluding hydrogens is 372 g/mol. The molecule has 1 aliphatic heterocycles. The van der Waals surface area contributed by atoms with E-state index >= 15 is 0 Å². The van der Waals surface area contributed by atoms with Crippen molar-refractivity contribution in [2.24, 2.45) is 0 Å². The number of rotatable bonds is 5. The molecule has 10 heteroatoms. The van der Waals surface area contributed by atoms with Gasteiger partial charge in [0.25, 0.3) is 5.91 Å². The van der Waals surface area contributed by atoms with Crippen molar-refractivity contribution in [2.45, 2.75) is 33.4 Å². The van der Waals surface area contributed by atoms with Crippen molar-refractivity contribution in [3.63, 3.8) is 0 Å².